The van der Waals surface area contributed by atoms with Crippen molar-refractivity contribution in [2.45, 2.75) is 23.1 Å². The number of imidazole rings is 1. The molecule has 3 aromatic heterocycles. The first kappa shape index (κ1) is 25.0. The Balaban J connectivity index is 1.43. The fourth-order valence-corrected chi connectivity index (χ4v) is 6.47. The number of hydrogen-bond acceptors (Lipinski definition) is 8. The summed E-state index contributed by atoms with van der Waals surface area (Å²) in [5, 5.41) is 20.1. The van der Waals surface area contributed by atoms with Gasteiger partial charge in [-0.2, -0.15) is 0 Å². The number of ketones is 1. The van der Waals surface area contributed by atoms with Crippen LogP contribution >= 0.6 is 23.1 Å². The minimum Gasteiger partial charge on any atom is -0.505 e. The molecule has 194 valence electrons. The van der Waals surface area contributed by atoms with Crippen LogP contribution in [0.5, 0.6) is 0 Å². The Labute approximate surface area is 230 Å². The maximum atomic E-state index is 14.1. The number of aryl methyl sites for hydroxylation is 1. The summed E-state index contributed by atoms with van der Waals surface area (Å²) in [6, 6.07) is 19.9. The highest BCUT2D eigenvalue weighted by atomic mass is 32.2. The van der Waals surface area contributed by atoms with Gasteiger partial charge >= 0.3 is 5.91 Å². The first-order valence-corrected chi connectivity index (χ1v) is 13.7. The van der Waals surface area contributed by atoms with E-state index in [0.717, 1.165) is 11.3 Å². The average molecular weight is 558 g/mol. The fraction of sp³-hybridized carbons (Fsp3) is 0.107. The number of hydrogen-bond donors (Lipinski definition) is 1. The van der Waals surface area contributed by atoms with Crippen LogP contribution in [0.2, 0.25) is 0 Å². The summed E-state index contributed by atoms with van der Waals surface area (Å²) in [4.78, 5) is 32.7. The zero-order valence-electron chi connectivity index (χ0n) is 20.5. The largest absolute Gasteiger partial charge is 0.505 e. The lowest BCUT2D eigenvalue weighted by Gasteiger charge is -2.22. The number of halogens is 1. The number of aromatic nitrogens is 4. The van der Waals surface area contributed by atoms with E-state index in [-0.39, 0.29) is 22.3 Å². The van der Waals surface area contributed by atoms with E-state index in [9.17, 15) is 19.1 Å². The molecule has 11 heteroatoms. The SMILES string of the molecule is Cc1nc2ccccn2c1/C(O)=C1\C(=O)C(=O)N(c2nnc(SCc3ccccc3F)s2)C1c1ccccc1. The van der Waals surface area contributed by atoms with Crippen molar-refractivity contribution in [2.75, 3.05) is 4.90 Å². The predicted octanol–water partition coefficient (Wildman–Crippen LogP) is 5.55. The Morgan fingerprint density at radius 1 is 1.03 bits per heavy atom. The molecule has 0 aliphatic carbocycles. The molecule has 1 atom stereocenters. The number of aliphatic hydroxyl groups is 1. The van der Waals surface area contributed by atoms with Crippen LogP contribution in [0.4, 0.5) is 9.52 Å². The van der Waals surface area contributed by atoms with Crippen LogP contribution in [0.1, 0.15) is 28.6 Å². The minimum absolute atomic E-state index is 0.0595. The lowest BCUT2D eigenvalue weighted by atomic mass is 9.96. The smallest absolute Gasteiger partial charge is 0.301 e. The zero-order valence-corrected chi connectivity index (χ0v) is 22.1. The van der Waals surface area contributed by atoms with Crippen molar-refractivity contribution in [2.24, 2.45) is 0 Å². The lowest BCUT2D eigenvalue weighted by molar-refractivity contribution is -0.132. The molecular formula is C28H20FN5O3S2. The predicted molar refractivity (Wildman–Crippen MR) is 147 cm³/mol. The van der Waals surface area contributed by atoms with Crippen LogP contribution in [-0.2, 0) is 15.3 Å². The summed E-state index contributed by atoms with van der Waals surface area (Å²) in [7, 11) is 0. The van der Waals surface area contributed by atoms with Crippen LogP contribution in [0, 0.1) is 12.7 Å². The summed E-state index contributed by atoms with van der Waals surface area (Å²) >= 11 is 2.41. The Hall–Kier alpha value is -4.35. The molecule has 6 rings (SSSR count). The molecule has 0 saturated carbocycles. The van der Waals surface area contributed by atoms with Crippen molar-refractivity contribution in [1.82, 2.24) is 19.6 Å². The van der Waals surface area contributed by atoms with Gasteiger partial charge in [-0.15, -0.1) is 10.2 Å². The summed E-state index contributed by atoms with van der Waals surface area (Å²) < 4.78 is 16.3. The van der Waals surface area contributed by atoms with E-state index in [1.54, 1.807) is 72.1 Å². The van der Waals surface area contributed by atoms with E-state index in [1.807, 2.05) is 12.1 Å². The molecule has 0 radical (unpaired) electrons. The first-order chi connectivity index (χ1) is 18.9. The van der Waals surface area contributed by atoms with Crippen molar-refractivity contribution in [3.63, 3.8) is 0 Å². The highest BCUT2D eigenvalue weighted by Gasteiger charge is 2.48. The van der Waals surface area contributed by atoms with E-state index in [0.29, 0.717) is 38.3 Å². The van der Waals surface area contributed by atoms with Gasteiger partial charge in [0.05, 0.1) is 17.3 Å². The number of amides is 1. The number of carbonyl (C=O) groups is 2. The molecule has 0 bridgehead atoms. The molecule has 5 aromatic rings. The van der Waals surface area contributed by atoms with E-state index in [1.165, 1.54) is 22.7 Å². The average Bonchev–Trinajstić information content (AvgIpc) is 3.62. The molecule has 1 aliphatic rings. The minimum atomic E-state index is -0.933. The Morgan fingerprint density at radius 3 is 2.56 bits per heavy atom. The summed E-state index contributed by atoms with van der Waals surface area (Å²) in [5.41, 5.74) is 2.54. The second-order valence-corrected chi connectivity index (χ2v) is 11.0. The van der Waals surface area contributed by atoms with Crippen molar-refractivity contribution in [3.05, 3.63) is 113 Å². The van der Waals surface area contributed by atoms with Gasteiger partial charge in [0.15, 0.2) is 10.1 Å². The van der Waals surface area contributed by atoms with Crippen LogP contribution in [0.3, 0.4) is 0 Å². The van der Waals surface area contributed by atoms with Gasteiger partial charge < -0.3 is 5.11 Å². The van der Waals surface area contributed by atoms with Gasteiger partial charge in [-0.05, 0) is 36.2 Å². The highest BCUT2D eigenvalue weighted by Crippen LogP contribution is 2.44. The summed E-state index contributed by atoms with van der Waals surface area (Å²) in [6.45, 7) is 1.74. The molecule has 2 aromatic carbocycles. The lowest BCUT2D eigenvalue weighted by Crippen LogP contribution is -2.29. The number of rotatable bonds is 6. The number of aliphatic hydroxyl groups excluding tert-OH is 1. The molecule has 1 amide bonds. The van der Waals surface area contributed by atoms with Gasteiger partial charge in [0, 0.05) is 11.9 Å². The molecule has 1 fully saturated rings. The fourth-order valence-electron chi connectivity index (χ4n) is 4.62. The van der Waals surface area contributed by atoms with Gasteiger partial charge in [0.1, 0.15) is 17.2 Å². The quantitative estimate of drug-likeness (QED) is 0.0960. The van der Waals surface area contributed by atoms with Crippen LogP contribution in [0.25, 0.3) is 11.4 Å². The number of fused-ring (bicyclic) bond motifs is 1. The van der Waals surface area contributed by atoms with Crippen LogP contribution in [0.15, 0.2) is 88.9 Å². The number of pyridine rings is 1. The molecule has 0 spiro atoms. The number of anilines is 1. The number of Topliss-reactive ketones (excluding diaryl/α,β-unsaturated/α-hetero) is 1. The van der Waals surface area contributed by atoms with Gasteiger partial charge in [-0.25, -0.2) is 9.37 Å². The van der Waals surface area contributed by atoms with Crippen molar-refractivity contribution in [1.29, 1.82) is 0 Å². The topological polar surface area (TPSA) is 101 Å². The molecule has 1 N–H and O–H groups in total. The van der Waals surface area contributed by atoms with Crippen molar-refractivity contribution >= 4 is 51.3 Å². The second kappa shape index (κ2) is 10.1. The molecule has 1 unspecified atom stereocenters. The maximum Gasteiger partial charge on any atom is 0.301 e. The molecule has 1 aliphatic heterocycles. The third-order valence-corrected chi connectivity index (χ3v) is 8.50. The van der Waals surface area contributed by atoms with Gasteiger partial charge in [-0.1, -0.05) is 77.7 Å². The third kappa shape index (κ3) is 4.39. The van der Waals surface area contributed by atoms with Crippen LogP contribution < -0.4 is 4.90 Å². The van der Waals surface area contributed by atoms with Crippen LogP contribution in [-0.4, -0.2) is 36.4 Å². The van der Waals surface area contributed by atoms with E-state index < -0.39 is 17.7 Å². The molecule has 1 saturated heterocycles. The van der Waals surface area contributed by atoms with Gasteiger partial charge in [0.25, 0.3) is 5.78 Å². The first-order valence-electron chi connectivity index (χ1n) is 11.9. The Bertz CT molecular complexity index is 1770. The Morgan fingerprint density at radius 2 is 1.77 bits per heavy atom. The standard InChI is InChI=1S/C28H20FN5O3S2/c1-16-22(33-14-8-7-13-20(33)30-16)24(35)21-23(17-9-3-2-4-10-17)34(26(37)25(21)36)27-31-32-28(39-27)38-15-18-11-5-6-12-19(18)29/h2-14,23,35H,15H2,1H3/b24-21+. The van der Waals surface area contributed by atoms with E-state index in [2.05, 4.69) is 15.2 Å². The second-order valence-electron chi connectivity index (χ2n) is 8.79. The van der Waals surface area contributed by atoms with E-state index >= 15 is 0 Å². The monoisotopic (exact) mass is 557 g/mol. The van der Waals surface area contributed by atoms with E-state index in [4.69, 9.17) is 0 Å². The highest BCUT2D eigenvalue weighted by molar-refractivity contribution is 8.00. The maximum absolute atomic E-state index is 14.1. The molecule has 39 heavy (non-hydrogen) atoms. The van der Waals surface area contributed by atoms with Gasteiger partial charge in [0.2, 0.25) is 5.13 Å². The summed E-state index contributed by atoms with van der Waals surface area (Å²) in [5.74, 6) is -1.96. The normalized spacial score (nSPS) is 16.9. The summed E-state index contributed by atoms with van der Waals surface area (Å²) in [6.07, 6.45) is 1.74. The number of nitrogens with zero attached hydrogens (tertiary/aromatic N) is 5. The third-order valence-electron chi connectivity index (χ3n) is 6.40. The molecule has 8 nitrogen and oxygen atoms in total. The molecule has 4 heterocycles. The molecular weight excluding hydrogens is 537 g/mol. The number of benzene rings is 2. The number of carbonyl (C=O) groups excluding carboxylic acids is 2. The Kier molecular flexibility index (Phi) is 6.45. The zero-order chi connectivity index (χ0) is 27.1. The number of thioether (sulfide) groups is 1. The van der Waals surface area contributed by atoms with Crippen molar-refractivity contribution < 1.29 is 19.1 Å². The van der Waals surface area contributed by atoms with Crippen molar-refractivity contribution in [3.8, 4) is 0 Å². The van der Waals surface area contributed by atoms with Gasteiger partial charge in [-0.3, -0.25) is 18.9 Å².